The van der Waals surface area contributed by atoms with E-state index in [1.165, 1.54) is 0 Å². The molecule has 2 aliphatic heterocycles. The SMILES string of the molecule is CCOC(=O)CN1CCN(C(=O)OCc2ccccc2)CC1.CCOC(=O)CN1CCNCC1. The molecule has 1 aromatic rings. The lowest BCUT2D eigenvalue weighted by atomic mass is 10.2. The maximum Gasteiger partial charge on any atom is 0.410 e. The Bertz CT molecular complexity index is 734. The molecular formula is C24H38N4O6. The van der Waals surface area contributed by atoms with Crippen molar-refractivity contribution < 1.29 is 28.6 Å². The van der Waals surface area contributed by atoms with E-state index < -0.39 is 0 Å². The summed E-state index contributed by atoms with van der Waals surface area (Å²) in [5.41, 5.74) is 0.969. The minimum Gasteiger partial charge on any atom is -0.465 e. The number of carbonyl (C=O) groups is 3. The minimum absolute atomic E-state index is 0.112. The second-order valence-electron chi connectivity index (χ2n) is 7.94. The molecule has 1 N–H and O–H groups in total. The van der Waals surface area contributed by atoms with Gasteiger partial charge in [-0.3, -0.25) is 19.4 Å². The molecule has 190 valence electrons. The van der Waals surface area contributed by atoms with Gasteiger partial charge >= 0.3 is 18.0 Å². The van der Waals surface area contributed by atoms with Crippen LogP contribution in [0.1, 0.15) is 19.4 Å². The number of carbonyl (C=O) groups excluding carboxylic acids is 3. The summed E-state index contributed by atoms with van der Waals surface area (Å²) in [6.07, 6.45) is -0.306. The van der Waals surface area contributed by atoms with E-state index >= 15 is 0 Å². The van der Waals surface area contributed by atoms with Crippen molar-refractivity contribution in [3.8, 4) is 0 Å². The number of piperazine rings is 2. The summed E-state index contributed by atoms with van der Waals surface area (Å²) in [5, 5.41) is 3.23. The molecule has 0 atom stereocenters. The lowest BCUT2D eigenvalue weighted by Gasteiger charge is -2.33. The predicted molar refractivity (Wildman–Crippen MR) is 127 cm³/mol. The predicted octanol–water partition coefficient (Wildman–Crippen LogP) is 0.959. The Morgan fingerprint density at radius 1 is 0.765 bits per heavy atom. The fourth-order valence-electron chi connectivity index (χ4n) is 3.55. The normalized spacial score (nSPS) is 16.7. The van der Waals surface area contributed by atoms with E-state index in [9.17, 15) is 14.4 Å². The number of hydrogen-bond donors (Lipinski definition) is 1. The Hall–Kier alpha value is -2.69. The second-order valence-corrected chi connectivity index (χ2v) is 7.94. The van der Waals surface area contributed by atoms with Gasteiger partial charge in [-0.2, -0.15) is 0 Å². The first-order chi connectivity index (χ1) is 16.5. The molecule has 10 heteroatoms. The maximum absolute atomic E-state index is 12.0. The van der Waals surface area contributed by atoms with Crippen LogP contribution in [0, 0.1) is 0 Å². The molecule has 0 bridgehead atoms. The molecule has 10 nitrogen and oxygen atoms in total. The van der Waals surface area contributed by atoms with Crippen LogP contribution >= 0.6 is 0 Å². The first-order valence-electron chi connectivity index (χ1n) is 11.9. The van der Waals surface area contributed by atoms with Gasteiger partial charge in [0.15, 0.2) is 0 Å². The van der Waals surface area contributed by atoms with Gasteiger partial charge < -0.3 is 24.4 Å². The average molecular weight is 479 g/mol. The minimum atomic E-state index is -0.306. The van der Waals surface area contributed by atoms with Crippen molar-refractivity contribution in [1.29, 1.82) is 0 Å². The first kappa shape index (κ1) is 27.6. The number of nitrogens with zero attached hydrogens (tertiary/aromatic N) is 3. The highest BCUT2D eigenvalue weighted by molar-refractivity contribution is 5.72. The summed E-state index contributed by atoms with van der Waals surface area (Å²) >= 11 is 0. The third-order valence-corrected chi connectivity index (χ3v) is 5.36. The molecule has 0 saturated carbocycles. The summed E-state index contributed by atoms with van der Waals surface area (Å²) in [5.74, 6) is -0.331. The Morgan fingerprint density at radius 2 is 1.29 bits per heavy atom. The Kier molecular flexibility index (Phi) is 13.0. The Balaban J connectivity index is 0.000000287. The number of ether oxygens (including phenoxy) is 3. The van der Waals surface area contributed by atoms with E-state index in [0.717, 1.165) is 31.7 Å². The number of nitrogens with one attached hydrogen (secondary N) is 1. The summed E-state index contributed by atoms with van der Waals surface area (Å²) in [7, 11) is 0. The second kappa shape index (κ2) is 16.0. The van der Waals surface area contributed by atoms with Gasteiger partial charge in [-0.05, 0) is 19.4 Å². The van der Waals surface area contributed by atoms with Gasteiger partial charge in [0.25, 0.3) is 0 Å². The molecule has 1 amide bonds. The molecule has 0 aromatic heterocycles. The topological polar surface area (TPSA) is 101 Å². The number of rotatable bonds is 8. The van der Waals surface area contributed by atoms with Gasteiger partial charge in [0.05, 0.1) is 26.3 Å². The maximum atomic E-state index is 12.0. The molecule has 0 spiro atoms. The highest BCUT2D eigenvalue weighted by Gasteiger charge is 2.23. The van der Waals surface area contributed by atoms with Crippen LogP contribution in [0.15, 0.2) is 30.3 Å². The molecule has 3 rings (SSSR count). The zero-order valence-corrected chi connectivity index (χ0v) is 20.4. The highest BCUT2D eigenvalue weighted by atomic mass is 16.6. The van der Waals surface area contributed by atoms with Gasteiger partial charge in [-0.15, -0.1) is 0 Å². The number of hydrogen-bond acceptors (Lipinski definition) is 9. The van der Waals surface area contributed by atoms with Crippen molar-refractivity contribution in [2.24, 2.45) is 0 Å². The molecule has 2 fully saturated rings. The van der Waals surface area contributed by atoms with Gasteiger partial charge in [-0.25, -0.2) is 4.79 Å². The number of amides is 1. The molecule has 0 unspecified atom stereocenters. The number of esters is 2. The van der Waals surface area contributed by atoms with Crippen molar-refractivity contribution >= 4 is 18.0 Å². The lowest BCUT2D eigenvalue weighted by Crippen LogP contribution is -2.50. The van der Waals surface area contributed by atoms with Crippen LogP contribution in [0.3, 0.4) is 0 Å². The van der Waals surface area contributed by atoms with Gasteiger partial charge in [-0.1, -0.05) is 30.3 Å². The van der Waals surface area contributed by atoms with Gasteiger partial charge in [0.2, 0.25) is 0 Å². The monoisotopic (exact) mass is 478 g/mol. The van der Waals surface area contributed by atoms with E-state index in [0.29, 0.717) is 45.9 Å². The molecule has 34 heavy (non-hydrogen) atoms. The molecule has 2 heterocycles. The van der Waals surface area contributed by atoms with Crippen LogP contribution in [-0.4, -0.2) is 111 Å². The van der Waals surface area contributed by atoms with Crippen molar-refractivity contribution in [3.63, 3.8) is 0 Å². The zero-order valence-electron chi connectivity index (χ0n) is 20.4. The smallest absolute Gasteiger partial charge is 0.410 e. The van der Waals surface area contributed by atoms with Crippen LogP contribution < -0.4 is 5.32 Å². The third kappa shape index (κ3) is 11.0. The summed E-state index contributed by atoms with van der Waals surface area (Å²) in [4.78, 5) is 40.2. The van der Waals surface area contributed by atoms with E-state index in [1.54, 1.807) is 11.8 Å². The Labute approximate surface area is 202 Å². The van der Waals surface area contributed by atoms with E-state index in [2.05, 4.69) is 10.2 Å². The molecular weight excluding hydrogens is 440 g/mol. The molecule has 0 radical (unpaired) electrons. The summed E-state index contributed by atoms with van der Waals surface area (Å²) in [6, 6.07) is 9.60. The number of benzene rings is 1. The largest absolute Gasteiger partial charge is 0.465 e. The van der Waals surface area contributed by atoms with E-state index in [1.807, 2.05) is 42.2 Å². The standard InChI is InChI=1S/C16H22N2O4.C8H16N2O2/c1-2-21-15(19)12-17-8-10-18(11-9-17)16(20)22-13-14-6-4-3-5-7-14;1-2-12-8(11)7-10-5-3-9-4-6-10/h3-7H,2,8-13H2,1H3;9H,2-7H2,1H3. The Morgan fingerprint density at radius 3 is 1.82 bits per heavy atom. The van der Waals surface area contributed by atoms with Crippen molar-refractivity contribution in [2.75, 3.05) is 78.7 Å². The fraction of sp³-hybridized carbons (Fsp3) is 0.625. The molecule has 2 saturated heterocycles. The van der Waals surface area contributed by atoms with Crippen LogP contribution in [0.4, 0.5) is 4.79 Å². The van der Waals surface area contributed by atoms with E-state index in [4.69, 9.17) is 14.2 Å². The van der Waals surface area contributed by atoms with Gasteiger partial charge in [0, 0.05) is 52.4 Å². The quantitative estimate of drug-likeness (QED) is 0.432. The average Bonchev–Trinajstić information content (AvgIpc) is 2.85. The zero-order chi connectivity index (χ0) is 24.6. The first-order valence-corrected chi connectivity index (χ1v) is 11.9. The third-order valence-electron chi connectivity index (χ3n) is 5.36. The lowest BCUT2D eigenvalue weighted by molar-refractivity contribution is -0.145. The van der Waals surface area contributed by atoms with Crippen LogP contribution in [0.2, 0.25) is 0 Å². The van der Waals surface area contributed by atoms with Crippen LogP contribution in [0.25, 0.3) is 0 Å². The summed E-state index contributed by atoms with van der Waals surface area (Å²) in [6.45, 7) is 11.7. The van der Waals surface area contributed by atoms with Gasteiger partial charge in [0.1, 0.15) is 6.61 Å². The van der Waals surface area contributed by atoms with E-state index in [-0.39, 0.29) is 31.2 Å². The fourth-order valence-corrected chi connectivity index (χ4v) is 3.55. The van der Waals surface area contributed by atoms with Crippen LogP contribution in [0.5, 0.6) is 0 Å². The highest BCUT2D eigenvalue weighted by Crippen LogP contribution is 2.07. The van der Waals surface area contributed by atoms with Crippen LogP contribution in [-0.2, 0) is 30.4 Å². The summed E-state index contributed by atoms with van der Waals surface area (Å²) < 4.78 is 15.1. The van der Waals surface area contributed by atoms with Crippen molar-refractivity contribution in [2.45, 2.75) is 20.5 Å². The van der Waals surface area contributed by atoms with Crippen molar-refractivity contribution in [3.05, 3.63) is 35.9 Å². The molecule has 2 aliphatic rings. The molecule has 1 aromatic carbocycles. The van der Waals surface area contributed by atoms with Crippen molar-refractivity contribution in [1.82, 2.24) is 20.0 Å². The molecule has 0 aliphatic carbocycles.